The normalized spacial score (nSPS) is 14.3. The molecule has 6 nitrogen and oxygen atoms in total. The van der Waals surface area contributed by atoms with E-state index in [1.165, 1.54) is 12.0 Å². The third-order valence-corrected chi connectivity index (χ3v) is 3.88. The third kappa shape index (κ3) is 3.16. The molecule has 0 bridgehead atoms. The molecular weight excluding hydrogens is 282 g/mol. The van der Waals surface area contributed by atoms with Crippen molar-refractivity contribution in [2.45, 2.75) is 12.2 Å². The topological polar surface area (TPSA) is 80.8 Å². The minimum absolute atomic E-state index is 0.0640. The first-order chi connectivity index (χ1) is 9.30. The van der Waals surface area contributed by atoms with Gasteiger partial charge in [-0.1, -0.05) is 12.1 Å². The van der Waals surface area contributed by atoms with E-state index in [1.807, 2.05) is 0 Å². The van der Waals surface area contributed by atoms with Gasteiger partial charge < -0.3 is 9.64 Å². The van der Waals surface area contributed by atoms with Gasteiger partial charge >= 0.3 is 5.97 Å². The number of carbonyl (C=O) groups excluding carboxylic acids is 2. The van der Waals surface area contributed by atoms with Gasteiger partial charge in [-0.3, -0.25) is 9.59 Å². The number of hydrogen-bond acceptors (Lipinski definition) is 5. The highest BCUT2D eigenvalue weighted by Crippen LogP contribution is 2.30. The minimum Gasteiger partial charge on any atom is -0.468 e. The number of amides is 1. The monoisotopic (exact) mass is 297 g/mol. The van der Waals surface area contributed by atoms with Gasteiger partial charge in [0.25, 0.3) is 0 Å². The summed E-state index contributed by atoms with van der Waals surface area (Å²) in [6.45, 7) is -0.131. The molecule has 1 aromatic rings. The first kappa shape index (κ1) is 14.5. The molecule has 20 heavy (non-hydrogen) atoms. The van der Waals surface area contributed by atoms with Crippen LogP contribution >= 0.6 is 0 Å². The van der Waals surface area contributed by atoms with E-state index in [0.717, 1.165) is 11.8 Å². The quantitative estimate of drug-likeness (QED) is 0.746. The van der Waals surface area contributed by atoms with Crippen LogP contribution in [0.5, 0.6) is 0 Å². The highest BCUT2D eigenvalue weighted by atomic mass is 32.2. The van der Waals surface area contributed by atoms with Crippen LogP contribution in [0.25, 0.3) is 0 Å². The summed E-state index contributed by atoms with van der Waals surface area (Å²) in [4.78, 5) is 24.5. The molecule has 108 valence electrons. The predicted octanol–water partition coefficient (Wildman–Crippen LogP) is 0.293. The summed E-state index contributed by atoms with van der Waals surface area (Å²) in [5, 5.41) is 0. The molecule has 1 aromatic carbocycles. The van der Waals surface area contributed by atoms with Gasteiger partial charge in [0.1, 0.15) is 6.54 Å². The van der Waals surface area contributed by atoms with Gasteiger partial charge in [-0.05, 0) is 17.2 Å². The van der Waals surface area contributed by atoms with Gasteiger partial charge in [-0.2, -0.15) is 0 Å². The summed E-state index contributed by atoms with van der Waals surface area (Å²) in [5.41, 5.74) is 2.01. The maximum absolute atomic E-state index is 11.9. The summed E-state index contributed by atoms with van der Waals surface area (Å²) in [6.07, 6.45) is 1.33. The van der Waals surface area contributed by atoms with Crippen LogP contribution in [-0.2, 0) is 36.3 Å². The number of carbonyl (C=O) groups is 2. The van der Waals surface area contributed by atoms with E-state index in [0.29, 0.717) is 11.3 Å². The summed E-state index contributed by atoms with van der Waals surface area (Å²) in [5.74, 6) is -0.751. The van der Waals surface area contributed by atoms with E-state index < -0.39 is 15.8 Å². The van der Waals surface area contributed by atoms with Crippen molar-refractivity contribution < 1.29 is 22.7 Å². The number of ether oxygens (including phenoxy) is 1. The average Bonchev–Trinajstić information content (AvgIpc) is 2.63. The van der Waals surface area contributed by atoms with Crippen LogP contribution in [0, 0.1) is 0 Å². The first-order valence-corrected chi connectivity index (χ1v) is 8.03. The highest BCUT2D eigenvalue weighted by molar-refractivity contribution is 7.89. The Morgan fingerprint density at radius 2 is 2.10 bits per heavy atom. The minimum atomic E-state index is -3.12. The molecule has 1 aliphatic heterocycles. The summed E-state index contributed by atoms with van der Waals surface area (Å²) in [6, 6.07) is 5.03. The van der Waals surface area contributed by atoms with Crippen molar-refractivity contribution in [3.05, 3.63) is 29.3 Å². The first-order valence-electron chi connectivity index (χ1n) is 5.97. The number of anilines is 1. The van der Waals surface area contributed by atoms with Crippen molar-refractivity contribution in [2.24, 2.45) is 0 Å². The zero-order valence-corrected chi connectivity index (χ0v) is 12.1. The van der Waals surface area contributed by atoms with E-state index in [-0.39, 0.29) is 24.6 Å². The zero-order valence-electron chi connectivity index (χ0n) is 11.3. The fraction of sp³-hybridized carbons (Fsp3) is 0.385. The number of rotatable bonds is 4. The van der Waals surface area contributed by atoms with Crippen LogP contribution in [0.4, 0.5) is 5.69 Å². The fourth-order valence-electron chi connectivity index (χ4n) is 2.20. The second-order valence-electron chi connectivity index (χ2n) is 4.77. The van der Waals surface area contributed by atoms with Crippen LogP contribution in [0.2, 0.25) is 0 Å². The average molecular weight is 297 g/mol. The second kappa shape index (κ2) is 5.24. The van der Waals surface area contributed by atoms with Gasteiger partial charge in [0.05, 0.1) is 19.3 Å². The van der Waals surface area contributed by atoms with Crippen molar-refractivity contribution in [1.82, 2.24) is 0 Å². The van der Waals surface area contributed by atoms with Crippen LogP contribution in [0.1, 0.15) is 11.1 Å². The largest absolute Gasteiger partial charge is 0.468 e. The van der Waals surface area contributed by atoms with Crippen molar-refractivity contribution in [1.29, 1.82) is 0 Å². The van der Waals surface area contributed by atoms with E-state index >= 15 is 0 Å². The standard InChI is InChI=1S/C13H15NO5S/c1-19-13(16)7-14-11-4-3-9(8-20(2,17)18)5-10(11)6-12(14)15/h3-5H,6-8H2,1-2H3. The Labute approximate surface area is 117 Å². The number of nitrogens with zero attached hydrogens (tertiary/aromatic N) is 1. The lowest BCUT2D eigenvalue weighted by Gasteiger charge is -2.15. The Bertz CT molecular complexity index is 665. The molecule has 0 atom stereocenters. The molecule has 1 aliphatic rings. The molecule has 2 rings (SSSR count). The van der Waals surface area contributed by atoms with Crippen LogP contribution < -0.4 is 4.90 Å². The molecule has 0 aliphatic carbocycles. The molecule has 0 N–H and O–H groups in total. The van der Waals surface area contributed by atoms with Crippen molar-refractivity contribution in [3.63, 3.8) is 0 Å². The molecule has 1 amide bonds. The molecule has 0 saturated heterocycles. The van der Waals surface area contributed by atoms with Crippen molar-refractivity contribution >= 4 is 27.4 Å². The Kier molecular flexibility index (Phi) is 3.80. The second-order valence-corrected chi connectivity index (χ2v) is 6.91. The molecule has 0 radical (unpaired) electrons. The third-order valence-electron chi connectivity index (χ3n) is 3.02. The molecule has 7 heteroatoms. The number of benzene rings is 1. The van der Waals surface area contributed by atoms with Crippen molar-refractivity contribution in [3.8, 4) is 0 Å². The lowest BCUT2D eigenvalue weighted by Crippen LogP contribution is -2.33. The predicted molar refractivity (Wildman–Crippen MR) is 73.1 cm³/mol. The number of hydrogen-bond donors (Lipinski definition) is 0. The Hall–Kier alpha value is -1.89. The summed E-state index contributed by atoms with van der Waals surface area (Å²) >= 11 is 0. The molecule has 0 spiro atoms. The summed E-state index contributed by atoms with van der Waals surface area (Å²) in [7, 11) is -1.85. The highest BCUT2D eigenvalue weighted by Gasteiger charge is 2.29. The van der Waals surface area contributed by atoms with Crippen LogP contribution in [0.3, 0.4) is 0 Å². The van der Waals surface area contributed by atoms with Crippen LogP contribution in [-0.4, -0.2) is 40.2 Å². The van der Waals surface area contributed by atoms with Gasteiger partial charge in [-0.15, -0.1) is 0 Å². The zero-order chi connectivity index (χ0) is 14.9. The van der Waals surface area contributed by atoms with E-state index in [9.17, 15) is 18.0 Å². The molecule has 0 unspecified atom stereocenters. The molecule has 0 aromatic heterocycles. The van der Waals surface area contributed by atoms with Gasteiger partial charge in [-0.25, -0.2) is 8.42 Å². The van der Waals surface area contributed by atoms with E-state index in [4.69, 9.17) is 0 Å². The lowest BCUT2D eigenvalue weighted by molar-refractivity contribution is -0.139. The molecule has 0 fully saturated rings. The fourth-order valence-corrected chi connectivity index (χ4v) is 2.98. The Balaban J connectivity index is 2.27. The van der Waals surface area contributed by atoms with Crippen molar-refractivity contribution in [2.75, 3.05) is 24.8 Å². The molecule has 1 heterocycles. The van der Waals surface area contributed by atoms with E-state index in [2.05, 4.69) is 4.74 Å². The molecular formula is C13H15NO5S. The smallest absolute Gasteiger partial charge is 0.325 e. The SMILES string of the molecule is COC(=O)CN1C(=O)Cc2cc(CS(C)(=O)=O)ccc21. The van der Waals surface area contributed by atoms with Gasteiger partial charge in [0.2, 0.25) is 5.91 Å². The lowest BCUT2D eigenvalue weighted by atomic mass is 10.1. The Morgan fingerprint density at radius 3 is 2.70 bits per heavy atom. The maximum Gasteiger partial charge on any atom is 0.325 e. The number of fused-ring (bicyclic) bond motifs is 1. The van der Waals surface area contributed by atoms with Gasteiger partial charge in [0, 0.05) is 11.9 Å². The maximum atomic E-state index is 11.9. The summed E-state index contributed by atoms with van der Waals surface area (Å²) < 4.78 is 27.1. The van der Waals surface area contributed by atoms with E-state index in [1.54, 1.807) is 18.2 Å². The number of sulfone groups is 1. The number of methoxy groups -OCH3 is 1. The van der Waals surface area contributed by atoms with Crippen LogP contribution in [0.15, 0.2) is 18.2 Å². The number of esters is 1. The Morgan fingerprint density at radius 1 is 1.40 bits per heavy atom. The molecule has 0 saturated carbocycles. The van der Waals surface area contributed by atoms with Gasteiger partial charge in [0.15, 0.2) is 9.84 Å².